The van der Waals surface area contributed by atoms with E-state index in [1.807, 2.05) is 6.92 Å². The third-order valence-electron chi connectivity index (χ3n) is 1.73. The van der Waals surface area contributed by atoms with Gasteiger partial charge >= 0.3 is 0 Å². The Balaban J connectivity index is 3.56. The molecule has 0 spiro atoms. The molecule has 0 amide bonds. The minimum atomic E-state index is 0.109. The van der Waals surface area contributed by atoms with Crippen LogP contribution in [0.4, 0.5) is 0 Å². The van der Waals surface area contributed by atoms with Crippen LogP contribution in [0.1, 0.15) is 27.2 Å². The molecule has 2 nitrogen and oxygen atoms in total. The number of hydrogen-bond donors (Lipinski definition) is 1. The van der Waals surface area contributed by atoms with Crippen molar-refractivity contribution in [2.45, 2.75) is 33.2 Å². The standard InChI is InChI=1S/C8H17NO/c1-6(2)8(9)4-7(3)5-10/h5-8H,4,9H2,1-3H3. The summed E-state index contributed by atoms with van der Waals surface area (Å²) in [5.41, 5.74) is 5.73. The molecule has 0 heterocycles. The second-order valence-corrected chi connectivity index (χ2v) is 3.26. The minimum absolute atomic E-state index is 0.109. The van der Waals surface area contributed by atoms with Crippen molar-refractivity contribution in [3.8, 4) is 0 Å². The third-order valence-corrected chi connectivity index (χ3v) is 1.73. The lowest BCUT2D eigenvalue weighted by Gasteiger charge is -2.16. The van der Waals surface area contributed by atoms with Gasteiger partial charge in [-0.15, -0.1) is 0 Å². The van der Waals surface area contributed by atoms with Crippen molar-refractivity contribution in [1.29, 1.82) is 0 Å². The first-order valence-corrected chi connectivity index (χ1v) is 3.78. The second-order valence-electron chi connectivity index (χ2n) is 3.26. The Kier molecular flexibility index (Phi) is 4.28. The van der Waals surface area contributed by atoms with Crippen LogP contribution in [0.5, 0.6) is 0 Å². The molecule has 2 atom stereocenters. The van der Waals surface area contributed by atoms with Gasteiger partial charge in [0.1, 0.15) is 6.29 Å². The molecule has 0 aliphatic heterocycles. The monoisotopic (exact) mass is 143 g/mol. The highest BCUT2D eigenvalue weighted by atomic mass is 16.1. The van der Waals surface area contributed by atoms with E-state index in [0.717, 1.165) is 12.7 Å². The highest BCUT2D eigenvalue weighted by molar-refractivity contribution is 5.52. The molecule has 10 heavy (non-hydrogen) atoms. The first-order valence-electron chi connectivity index (χ1n) is 3.78. The van der Waals surface area contributed by atoms with E-state index in [9.17, 15) is 4.79 Å². The van der Waals surface area contributed by atoms with E-state index in [1.165, 1.54) is 0 Å². The van der Waals surface area contributed by atoms with Crippen LogP contribution in [0, 0.1) is 11.8 Å². The Labute approximate surface area is 62.8 Å². The summed E-state index contributed by atoms with van der Waals surface area (Å²) in [5.74, 6) is 0.583. The molecular formula is C8H17NO. The van der Waals surface area contributed by atoms with E-state index < -0.39 is 0 Å². The van der Waals surface area contributed by atoms with Crippen LogP contribution in [0.3, 0.4) is 0 Å². The molecule has 2 heteroatoms. The number of rotatable bonds is 4. The lowest BCUT2D eigenvalue weighted by atomic mass is 9.95. The van der Waals surface area contributed by atoms with Gasteiger partial charge in [0.2, 0.25) is 0 Å². The van der Waals surface area contributed by atoms with Crippen LogP contribution in [0.15, 0.2) is 0 Å². The normalized spacial score (nSPS) is 16.9. The van der Waals surface area contributed by atoms with Crippen LogP contribution in [0.2, 0.25) is 0 Å². The van der Waals surface area contributed by atoms with E-state index in [2.05, 4.69) is 13.8 Å². The van der Waals surface area contributed by atoms with Crippen LogP contribution in [0.25, 0.3) is 0 Å². The van der Waals surface area contributed by atoms with Crippen molar-refractivity contribution in [2.75, 3.05) is 0 Å². The maximum atomic E-state index is 10.2. The van der Waals surface area contributed by atoms with Gasteiger partial charge in [0.05, 0.1) is 0 Å². The lowest BCUT2D eigenvalue weighted by molar-refractivity contribution is -0.110. The smallest absolute Gasteiger partial charge is 0.122 e. The highest BCUT2D eigenvalue weighted by Gasteiger charge is 2.10. The van der Waals surface area contributed by atoms with Gasteiger partial charge in [0, 0.05) is 12.0 Å². The van der Waals surface area contributed by atoms with E-state index in [1.54, 1.807) is 0 Å². The fourth-order valence-electron chi connectivity index (χ4n) is 0.757. The average molecular weight is 143 g/mol. The quantitative estimate of drug-likeness (QED) is 0.601. The number of aldehydes is 1. The zero-order chi connectivity index (χ0) is 8.15. The van der Waals surface area contributed by atoms with Crippen molar-refractivity contribution in [2.24, 2.45) is 17.6 Å². The summed E-state index contributed by atoms with van der Waals surface area (Å²) in [5, 5.41) is 0. The molecular weight excluding hydrogens is 126 g/mol. The Bertz CT molecular complexity index is 101. The van der Waals surface area contributed by atoms with Crippen LogP contribution in [-0.2, 0) is 4.79 Å². The van der Waals surface area contributed by atoms with Gasteiger partial charge in [-0.3, -0.25) is 0 Å². The van der Waals surface area contributed by atoms with Crippen LogP contribution >= 0.6 is 0 Å². The van der Waals surface area contributed by atoms with Gasteiger partial charge in [-0.2, -0.15) is 0 Å². The molecule has 0 rings (SSSR count). The summed E-state index contributed by atoms with van der Waals surface area (Å²) in [7, 11) is 0. The molecule has 2 unspecified atom stereocenters. The minimum Gasteiger partial charge on any atom is -0.327 e. The SMILES string of the molecule is CC(C=O)CC(N)C(C)C. The Hall–Kier alpha value is -0.370. The maximum Gasteiger partial charge on any atom is 0.122 e. The molecule has 0 radical (unpaired) electrons. The van der Waals surface area contributed by atoms with Crippen molar-refractivity contribution < 1.29 is 4.79 Å². The predicted octanol–water partition coefficient (Wildman–Crippen LogP) is 1.19. The Morgan fingerprint density at radius 1 is 1.40 bits per heavy atom. The van der Waals surface area contributed by atoms with Crippen molar-refractivity contribution in [1.82, 2.24) is 0 Å². The maximum absolute atomic E-state index is 10.2. The number of carbonyl (C=O) groups excluding carboxylic acids is 1. The summed E-state index contributed by atoms with van der Waals surface area (Å²) in [6, 6.07) is 0.167. The Morgan fingerprint density at radius 3 is 2.20 bits per heavy atom. The molecule has 0 saturated carbocycles. The first kappa shape index (κ1) is 9.63. The van der Waals surface area contributed by atoms with Crippen molar-refractivity contribution in [3.63, 3.8) is 0 Å². The summed E-state index contributed by atoms with van der Waals surface area (Å²) in [6.07, 6.45) is 1.77. The first-order chi connectivity index (χ1) is 4.57. The number of nitrogens with two attached hydrogens (primary N) is 1. The summed E-state index contributed by atoms with van der Waals surface area (Å²) >= 11 is 0. The van der Waals surface area contributed by atoms with Gasteiger partial charge in [0.15, 0.2) is 0 Å². The third kappa shape index (κ3) is 3.62. The van der Waals surface area contributed by atoms with Gasteiger partial charge in [-0.25, -0.2) is 0 Å². The fraction of sp³-hybridized carbons (Fsp3) is 0.875. The van der Waals surface area contributed by atoms with Gasteiger partial charge < -0.3 is 10.5 Å². The van der Waals surface area contributed by atoms with Crippen LogP contribution < -0.4 is 5.73 Å². The van der Waals surface area contributed by atoms with E-state index >= 15 is 0 Å². The highest BCUT2D eigenvalue weighted by Crippen LogP contribution is 2.08. The number of hydrogen-bond acceptors (Lipinski definition) is 2. The van der Waals surface area contributed by atoms with Gasteiger partial charge in [0.25, 0.3) is 0 Å². The zero-order valence-electron chi connectivity index (χ0n) is 7.00. The molecule has 60 valence electrons. The molecule has 0 aromatic carbocycles. The van der Waals surface area contributed by atoms with Crippen LogP contribution in [-0.4, -0.2) is 12.3 Å². The topological polar surface area (TPSA) is 43.1 Å². The zero-order valence-corrected chi connectivity index (χ0v) is 7.00. The molecule has 2 N–H and O–H groups in total. The lowest BCUT2D eigenvalue weighted by Crippen LogP contribution is -2.28. The summed E-state index contributed by atoms with van der Waals surface area (Å²) < 4.78 is 0. The predicted molar refractivity (Wildman–Crippen MR) is 42.7 cm³/mol. The van der Waals surface area contributed by atoms with E-state index in [-0.39, 0.29) is 12.0 Å². The summed E-state index contributed by atoms with van der Waals surface area (Å²) in [4.78, 5) is 10.2. The molecule has 0 saturated heterocycles. The van der Waals surface area contributed by atoms with Crippen molar-refractivity contribution in [3.05, 3.63) is 0 Å². The number of carbonyl (C=O) groups is 1. The largest absolute Gasteiger partial charge is 0.327 e. The fourth-order valence-corrected chi connectivity index (χ4v) is 0.757. The van der Waals surface area contributed by atoms with Gasteiger partial charge in [-0.05, 0) is 12.3 Å². The molecule has 0 bridgehead atoms. The molecule has 0 aromatic rings. The van der Waals surface area contributed by atoms with E-state index in [4.69, 9.17) is 5.73 Å². The molecule has 0 aliphatic rings. The average Bonchev–Trinajstić information content (AvgIpc) is 1.87. The Morgan fingerprint density at radius 2 is 1.90 bits per heavy atom. The second kappa shape index (κ2) is 4.45. The summed E-state index contributed by atoms with van der Waals surface area (Å²) in [6.45, 7) is 6.04. The van der Waals surface area contributed by atoms with Gasteiger partial charge in [-0.1, -0.05) is 20.8 Å². The molecule has 0 aromatic heterocycles. The van der Waals surface area contributed by atoms with Crippen molar-refractivity contribution >= 4 is 6.29 Å². The molecule has 0 aliphatic carbocycles. The van der Waals surface area contributed by atoms with E-state index in [0.29, 0.717) is 5.92 Å². The molecule has 0 fully saturated rings.